The zero-order valence-corrected chi connectivity index (χ0v) is 12.9. The average molecular weight is 274 g/mol. The van der Waals surface area contributed by atoms with Crippen LogP contribution in [0.3, 0.4) is 0 Å². The second-order valence-corrected chi connectivity index (χ2v) is 6.74. The maximum Gasteiger partial charge on any atom is 0.123 e. The standard InChI is InChI=1S/C16H22N2S/c1-10(2)9-14-15(11(3)4)19-16(18-14)12-5-7-13(17)8-6-12/h5-8,10-11H,9,17H2,1-4H3. The molecule has 0 spiro atoms. The van der Waals surface area contributed by atoms with Crippen LogP contribution in [0, 0.1) is 5.92 Å². The van der Waals surface area contributed by atoms with Gasteiger partial charge in [-0.25, -0.2) is 4.98 Å². The molecule has 0 saturated heterocycles. The summed E-state index contributed by atoms with van der Waals surface area (Å²) in [6.07, 6.45) is 1.05. The fourth-order valence-corrected chi connectivity index (χ4v) is 3.20. The summed E-state index contributed by atoms with van der Waals surface area (Å²) in [5.41, 5.74) is 8.96. The van der Waals surface area contributed by atoms with E-state index in [4.69, 9.17) is 10.7 Å². The monoisotopic (exact) mass is 274 g/mol. The molecule has 2 rings (SSSR count). The number of hydrogen-bond donors (Lipinski definition) is 1. The number of hydrogen-bond acceptors (Lipinski definition) is 3. The highest BCUT2D eigenvalue weighted by molar-refractivity contribution is 7.15. The van der Waals surface area contributed by atoms with Crippen molar-refractivity contribution in [3.05, 3.63) is 34.8 Å². The summed E-state index contributed by atoms with van der Waals surface area (Å²) in [5, 5.41) is 1.11. The molecule has 0 atom stereocenters. The number of anilines is 1. The number of rotatable bonds is 4. The van der Waals surface area contributed by atoms with Gasteiger partial charge in [0.15, 0.2) is 0 Å². The van der Waals surface area contributed by atoms with E-state index in [2.05, 4.69) is 39.8 Å². The summed E-state index contributed by atoms with van der Waals surface area (Å²) in [7, 11) is 0. The predicted molar refractivity (Wildman–Crippen MR) is 84.6 cm³/mol. The van der Waals surface area contributed by atoms with Gasteiger partial charge < -0.3 is 5.73 Å². The van der Waals surface area contributed by atoms with Crippen LogP contribution in [0.5, 0.6) is 0 Å². The van der Waals surface area contributed by atoms with Gasteiger partial charge in [0, 0.05) is 16.1 Å². The third-order valence-electron chi connectivity index (χ3n) is 3.01. The zero-order valence-electron chi connectivity index (χ0n) is 12.1. The van der Waals surface area contributed by atoms with Crippen LogP contribution in [0.4, 0.5) is 5.69 Å². The molecule has 2 nitrogen and oxygen atoms in total. The van der Waals surface area contributed by atoms with Crippen molar-refractivity contribution < 1.29 is 0 Å². The van der Waals surface area contributed by atoms with E-state index < -0.39 is 0 Å². The Kier molecular flexibility index (Phi) is 4.25. The van der Waals surface area contributed by atoms with Crippen molar-refractivity contribution in [3.63, 3.8) is 0 Å². The minimum absolute atomic E-state index is 0.536. The largest absolute Gasteiger partial charge is 0.399 e. The first kappa shape index (κ1) is 14.1. The fraction of sp³-hybridized carbons (Fsp3) is 0.438. The highest BCUT2D eigenvalue weighted by atomic mass is 32.1. The maximum atomic E-state index is 5.74. The van der Waals surface area contributed by atoms with Crippen molar-refractivity contribution in [3.8, 4) is 10.6 Å². The summed E-state index contributed by atoms with van der Waals surface area (Å²) in [6, 6.07) is 7.98. The lowest BCUT2D eigenvalue weighted by Gasteiger charge is -2.06. The third kappa shape index (κ3) is 3.35. The van der Waals surface area contributed by atoms with Gasteiger partial charge in [0.2, 0.25) is 0 Å². The molecule has 0 aliphatic heterocycles. The molecule has 1 heterocycles. The van der Waals surface area contributed by atoms with Gasteiger partial charge in [0.25, 0.3) is 0 Å². The highest BCUT2D eigenvalue weighted by Gasteiger charge is 2.16. The minimum Gasteiger partial charge on any atom is -0.399 e. The van der Waals surface area contributed by atoms with Gasteiger partial charge in [-0.3, -0.25) is 0 Å². The Morgan fingerprint density at radius 3 is 2.26 bits per heavy atom. The molecular weight excluding hydrogens is 252 g/mol. The molecule has 0 bridgehead atoms. The number of nitrogens with two attached hydrogens (primary N) is 1. The van der Waals surface area contributed by atoms with E-state index >= 15 is 0 Å². The maximum absolute atomic E-state index is 5.74. The third-order valence-corrected chi connectivity index (χ3v) is 4.46. The summed E-state index contributed by atoms with van der Waals surface area (Å²) >= 11 is 1.82. The molecule has 0 aliphatic carbocycles. The van der Waals surface area contributed by atoms with Gasteiger partial charge in [-0.2, -0.15) is 0 Å². The summed E-state index contributed by atoms with van der Waals surface area (Å²) in [4.78, 5) is 6.27. The van der Waals surface area contributed by atoms with Crippen LogP contribution in [-0.4, -0.2) is 4.98 Å². The lowest BCUT2D eigenvalue weighted by atomic mass is 10.0. The molecule has 102 valence electrons. The number of nitrogen functional groups attached to an aromatic ring is 1. The van der Waals surface area contributed by atoms with E-state index in [0.29, 0.717) is 11.8 Å². The van der Waals surface area contributed by atoms with Crippen LogP contribution < -0.4 is 5.73 Å². The van der Waals surface area contributed by atoms with Crippen molar-refractivity contribution in [1.29, 1.82) is 0 Å². The molecule has 0 amide bonds. The zero-order chi connectivity index (χ0) is 14.0. The van der Waals surface area contributed by atoms with Crippen LogP contribution in [0.15, 0.2) is 24.3 Å². The summed E-state index contributed by atoms with van der Waals surface area (Å²) in [5.74, 6) is 1.17. The molecule has 0 aliphatic rings. The minimum atomic E-state index is 0.536. The van der Waals surface area contributed by atoms with Crippen LogP contribution in [0.25, 0.3) is 10.6 Å². The molecular formula is C16H22N2S. The van der Waals surface area contributed by atoms with E-state index in [0.717, 1.165) is 22.7 Å². The Morgan fingerprint density at radius 2 is 1.74 bits per heavy atom. The van der Waals surface area contributed by atoms with Gasteiger partial charge >= 0.3 is 0 Å². The van der Waals surface area contributed by atoms with Crippen molar-refractivity contribution in [2.75, 3.05) is 5.73 Å². The lowest BCUT2D eigenvalue weighted by Crippen LogP contribution is -1.99. The highest BCUT2D eigenvalue weighted by Crippen LogP contribution is 2.34. The Balaban J connectivity index is 2.39. The fourth-order valence-electron chi connectivity index (χ4n) is 2.10. The Hall–Kier alpha value is -1.35. The number of thiazole rings is 1. The first-order valence-corrected chi connectivity index (χ1v) is 7.64. The topological polar surface area (TPSA) is 38.9 Å². The van der Waals surface area contributed by atoms with E-state index in [9.17, 15) is 0 Å². The Bertz CT molecular complexity index is 538. The summed E-state index contributed by atoms with van der Waals surface area (Å²) < 4.78 is 0. The van der Waals surface area contributed by atoms with Crippen LogP contribution >= 0.6 is 11.3 Å². The molecule has 3 heteroatoms. The van der Waals surface area contributed by atoms with Crippen molar-refractivity contribution in [1.82, 2.24) is 4.98 Å². The molecule has 19 heavy (non-hydrogen) atoms. The Labute approximate surface area is 119 Å². The molecule has 2 N–H and O–H groups in total. The van der Waals surface area contributed by atoms with Crippen molar-refractivity contribution in [2.24, 2.45) is 5.92 Å². The second kappa shape index (κ2) is 5.74. The van der Waals surface area contributed by atoms with Crippen LogP contribution in [-0.2, 0) is 6.42 Å². The Morgan fingerprint density at radius 1 is 1.11 bits per heavy atom. The SMILES string of the molecule is CC(C)Cc1nc(-c2ccc(N)cc2)sc1C(C)C. The van der Waals surface area contributed by atoms with Gasteiger partial charge in [0.1, 0.15) is 5.01 Å². The number of nitrogens with zero attached hydrogens (tertiary/aromatic N) is 1. The van der Waals surface area contributed by atoms with Gasteiger partial charge in [-0.15, -0.1) is 11.3 Å². The first-order chi connectivity index (χ1) is 8.97. The van der Waals surface area contributed by atoms with E-state index in [1.165, 1.54) is 10.6 Å². The normalized spacial score (nSPS) is 11.5. The predicted octanol–water partition coefficient (Wildman–Crippen LogP) is 4.71. The first-order valence-electron chi connectivity index (χ1n) is 6.83. The summed E-state index contributed by atoms with van der Waals surface area (Å²) in [6.45, 7) is 8.97. The molecule has 0 fully saturated rings. The van der Waals surface area contributed by atoms with Crippen LogP contribution in [0.1, 0.15) is 44.2 Å². The quantitative estimate of drug-likeness (QED) is 0.820. The lowest BCUT2D eigenvalue weighted by molar-refractivity contribution is 0.630. The smallest absolute Gasteiger partial charge is 0.123 e. The van der Waals surface area contributed by atoms with Gasteiger partial charge in [-0.05, 0) is 42.5 Å². The van der Waals surface area contributed by atoms with E-state index in [-0.39, 0.29) is 0 Å². The van der Waals surface area contributed by atoms with Crippen molar-refractivity contribution >= 4 is 17.0 Å². The van der Waals surface area contributed by atoms with Crippen molar-refractivity contribution in [2.45, 2.75) is 40.0 Å². The van der Waals surface area contributed by atoms with Crippen LogP contribution in [0.2, 0.25) is 0 Å². The molecule has 0 radical (unpaired) electrons. The number of benzene rings is 1. The molecule has 1 aromatic heterocycles. The van der Waals surface area contributed by atoms with Gasteiger partial charge in [0.05, 0.1) is 5.69 Å². The second-order valence-electron chi connectivity index (χ2n) is 5.70. The van der Waals surface area contributed by atoms with E-state index in [1.54, 1.807) is 0 Å². The molecule has 1 aromatic carbocycles. The molecule has 0 saturated carbocycles. The number of aromatic nitrogens is 1. The molecule has 2 aromatic rings. The van der Waals surface area contributed by atoms with E-state index in [1.807, 2.05) is 23.5 Å². The molecule has 0 unspecified atom stereocenters. The average Bonchev–Trinajstić information content (AvgIpc) is 2.73. The van der Waals surface area contributed by atoms with Gasteiger partial charge in [-0.1, -0.05) is 27.7 Å².